The maximum absolute atomic E-state index is 10.9. The summed E-state index contributed by atoms with van der Waals surface area (Å²) >= 11 is 0. The van der Waals surface area contributed by atoms with Crippen LogP contribution in [-0.2, 0) is 9.53 Å². The van der Waals surface area contributed by atoms with Crippen LogP contribution in [0.25, 0.3) is 0 Å². The molecular weight excluding hydrogens is 178 g/mol. The van der Waals surface area contributed by atoms with Gasteiger partial charge in [-0.05, 0) is 45.4 Å². The first-order valence-electron chi connectivity index (χ1n) is 5.37. The topological polar surface area (TPSA) is 52.3 Å². The summed E-state index contributed by atoms with van der Waals surface area (Å²) in [7, 11) is 0. The number of esters is 1. The summed E-state index contributed by atoms with van der Waals surface area (Å²) in [5, 5.41) is 0. The molecule has 1 aliphatic rings. The lowest BCUT2D eigenvalue weighted by molar-refractivity contribution is -0.160. The molecule has 0 aliphatic heterocycles. The second kappa shape index (κ2) is 4.30. The van der Waals surface area contributed by atoms with E-state index >= 15 is 0 Å². The summed E-state index contributed by atoms with van der Waals surface area (Å²) < 4.78 is 5.33. The molecule has 3 nitrogen and oxygen atoms in total. The van der Waals surface area contributed by atoms with E-state index in [2.05, 4.69) is 0 Å². The Labute approximate surface area is 86.0 Å². The normalized spacial score (nSPS) is 28.6. The average molecular weight is 199 g/mol. The lowest BCUT2D eigenvalue weighted by Crippen LogP contribution is -2.40. The maximum atomic E-state index is 10.9. The molecule has 1 aliphatic carbocycles. The minimum absolute atomic E-state index is 0.190. The Morgan fingerprint density at radius 2 is 1.79 bits per heavy atom. The molecule has 0 spiro atoms. The highest BCUT2D eigenvalue weighted by atomic mass is 16.6. The monoisotopic (exact) mass is 199 g/mol. The van der Waals surface area contributed by atoms with Gasteiger partial charge in [0.25, 0.3) is 0 Å². The van der Waals surface area contributed by atoms with E-state index in [1.54, 1.807) is 0 Å². The molecule has 0 atom stereocenters. The lowest BCUT2D eigenvalue weighted by Gasteiger charge is -2.37. The zero-order chi connectivity index (χ0) is 10.8. The molecule has 14 heavy (non-hydrogen) atoms. The van der Waals surface area contributed by atoms with Gasteiger partial charge in [-0.3, -0.25) is 4.79 Å². The Morgan fingerprint density at radius 1 is 1.29 bits per heavy atom. The second-order valence-corrected chi connectivity index (χ2v) is 4.81. The highest BCUT2D eigenvalue weighted by Gasteiger charge is 2.34. The molecule has 0 aromatic carbocycles. The van der Waals surface area contributed by atoms with E-state index in [-0.39, 0.29) is 11.6 Å². The Hall–Kier alpha value is -0.570. The molecular formula is C11H21NO2. The molecule has 0 saturated heterocycles. The fourth-order valence-corrected chi connectivity index (χ4v) is 2.27. The SMILES string of the molecule is CC(=O)OC(C)(C)C1CCC(N)CC1. The van der Waals surface area contributed by atoms with Crippen molar-refractivity contribution in [2.75, 3.05) is 0 Å². The van der Waals surface area contributed by atoms with Crippen LogP contribution in [0.2, 0.25) is 0 Å². The van der Waals surface area contributed by atoms with Gasteiger partial charge in [-0.15, -0.1) is 0 Å². The van der Waals surface area contributed by atoms with Gasteiger partial charge >= 0.3 is 5.97 Å². The van der Waals surface area contributed by atoms with Gasteiger partial charge in [-0.2, -0.15) is 0 Å². The van der Waals surface area contributed by atoms with Crippen LogP contribution in [0.3, 0.4) is 0 Å². The quantitative estimate of drug-likeness (QED) is 0.690. The molecule has 2 N–H and O–H groups in total. The average Bonchev–Trinajstić information content (AvgIpc) is 2.02. The molecule has 0 aromatic rings. The van der Waals surface area contributed by atoms with Gasteiger partial charge in [0.15, 0.2) is 0 Å². The Balaban J connectivity index is 2.50. The summed E-state index contributed by atoms with van der Waals surface area (Å²) in [6.45, 7) is 5.46. The summed E-state index contributed by atoms with van der Waals surface area (Å²) in [5.41, 5.74) is 5.51. The van der Waals surface area contributed by atoms with Crippen LogP contribution in [0.5, 0.6) is 0 Å². The van der Waals surface area contributed by atoms with Crippen LogP contribution in [0, 0.1) is 5.92 Å². The highest BCUT2D eigenvalue weighted by molar-refractivity contribution is 5.66. The summed E-state index contributed by atoms with van der Waals surface area (Å²) in [6.07, 6.45) is 4.24. The lowest BCUT2D eigenvalue weighted by atomic mass is 9.77. The van der Waals surface area contributed by atoms with Gasteiger partial charge in [0.2, 0.25) is 0 Å². The molecule has 1 fully saturated rings. The number of carbonyl (C=O) groups is 1. The molecule has 82 valence electrons. The Kier molecular flexibility index (Phi) is 3.53. The first-order valence-corrected chi connectivity index (χ1v) is 5.37. The van der Waals surface area contributed by atoms with Crippen molar-refractivity contribution in [2.45, 2.75) is 58.1 Å². The van der Waals surface area contributed by atoms with Crippen molar-refractivity contribution in [1.29, 1.82) is 0 Å². The number of carbonyl (C=O) groups excluding carboxylic acids is 1. The standard InChI is InChI=1S/C11H21NO2/c1-8(13)14-11(2,3)9-4-6-10(12)7-5-9/h9-10H,4-7,12H2,1-3H3. The maximum Gasteiger partial charge on any atom is 0.303 e. The molecule has 0 aromatic heterocycles. The number of nitrogens with two attached hydrogens (primary N) is 1. The fourth-order valence-electron chi connectivity index (χ4n) is 2.27. The molecule has 0 unspecified atom stereocenters. The molecule has 1 saturated carbocycles. The zero-order valence-electron chi connectivity index (χ0n) is 9.38. The van der Waals surface area contributed by atoms with Gasteiger partial charge in [-0.25, -0.2) is 0 Å². The van der Waals surface area contributed by atoms with Gasteiger partial charge < -0.3 is 10.5 Å². The van der Waals surface area contributed by atoms with Crippen molar-refractivity contribution >= 4 is 5.97 Å². The third-order valence-electron chi connectivity index (χ3n) is 3.16. The summed E-state index contributed by atoms with van der Waals surface area (Å²) in [5.74, 6) is 0.274. The van der Waals surface area contributed by atoms with Crippen molar-refractivity contribution < 1.29 is 9.53 Å². The van der Waals surface area contributed by atoms with Crippen LogP contribution in [0.15, 0.2) is 0 Å². The van der Waals surface area contributed by atoms with E-state index in [0.717, 1.165) is 25.7 Å². The summed E-state index contributed by atoms with van der Waals surface area (Å²) in [4.78, 5) is 10.9. The molecule has 0 radical (unpaired) electrons. The number of ether oxygens (including phenoxy) is 1. The van der Waals surface area contributed by atoms with Gasteiger partial charge in [-0.1, -0.05) is 0 Å². The van der Waals surface area contributed by atoms with Crippen molar-refractivity contribution in [1.82, 2.24) is 0 Å². The van der Waals surface area contributed by atoms with Gasteiger partial charge in [0, 0.05) is 13.0 Å². The van der Waals surface area contributed by atoms with Crippen molar-refractivity contribution in [3.63, 3.8) is 0 Å². The minimum Gasteiger partial charge on any atom is -0.460 e. The number of hydrogen-bond donors (Lipinski definition) is 1. The van der Waals surface area contributed by atoms with Crippen molar-refractivity contribution in [3.05, 3.63) is 0 Å². The molecule has 0 bridgehead atoms. The largest absolute Gasteiger partial charge is 0.460 e. The van der Waals surface area contributed by atoms with Crippen molar-refractivity contribution in [3.8, 4) is 0 Å². The van der Waals surface area contributed by atoms with Gasteiger partial charge in [0.05, 0.1) is 0 Å². The third-order valence-corrected chi connectivity index (χ3v) is 3.16. The van der Waals surface area contributed by atoms with E-state index in [1.165, 1.54) is 6.92 Å². The second-order valence-electron chi connectivity index (χ2n) is 4.81. The number of hydrogen-bond acceptors (Lipinski definition) is 3. The first-order chi connectivity index (χ1) is 6.42. The van der Waals surface area contributed by atoms with Crippen LogP contribution in [0.1, 0.15) is 46.5 Å². The first kappa shape index (κ1) is 11.5. The van der Waals surface area contributed by atoms with Crippen LogP contribution >= 0.6 is 0 Å². The predicted octanol–water partition coefficient (Wildman–Crippen LogP) is 1.85. The van der Waals surface area contributed by atoms with Crippen LogP contribution in [0.4, 0.5) is 0 Å². The van der Waals surface area contributed by atoms with Crippen LogP contribution < -0.4 is 5.73 Å². The highest BCUT2D eigenvalue weighted by Crippen LogP contribution is 2.34. The Morgan fingerprint density at radius 3 is 2.21 bits per heavy atom. The zero-order valence-corrected chi connectivity index (χ0v) is 9.38. The smallest absolute Gasteiger partial charge is 0.303 e. The molecule has 3 heteroatoms. The number of rotatable bonds is 2. The van der Waals surface area contributed by atoms with Gasteiger partial charge in [0.1, 0.15) is 5.60 Å². The third kappa shape index (κ3) is 2.98. The van der Waals surface area contributed by atoms with E-state index in [0.29, 0.717) is 12.0 Å². The van der Waals surface area contributed by atoms with Crippen molar-refractivity contribution in [2.24, 2.45) is 11.7 Å². The molecule has 1 rings (SSSR count). The fraction of sp³-hybridized carbons (Fsp3) is 0.909. The summed E-state index contributed by atoms with van der Waals surface area (Å²) in [6, 6.07) is 0.347. The van der Waals surface area contributed by atoms with E-state index in [4.69, 9.17) is 10.5 Å². The molecule has 0 heterocycles. The van der Waals surface area contributed by atoms with E-state index in [9.17, 15) is 4.79 Å². The van der Waals surface area contributed by atoms with Crippen LogP contribution in [-0.4, -0.2) is 17.6 Å². The predicted molar refractivity (Wildman–Crippen MR) is 55.8 cm³/mol. The minimum atomic E-state index is -0.327. The Bertz CT molecular complexity index is 205. The van der Waals surface area contributed by atoms with E-state index in [1.807, 2.05) is 13.8 Å². The molecule has 0 amide bonds. The van der Waals surface area contributed by atoms with E-state index < -0.39 is 0 Å².